The minimum absolute atomic E-state index is 0.00780. The van der Waals surface area contributed by atoms with Gasteiger partial charge in [-0.15, -0.1) is 0 Å². The lowest BCUT2D eigenvalue weighted by molar-refractivity contribution is -0.0176. The maximum Gasteiger partial charge on any atom is 0.126 e. The minimum Gasteiger partial charge on any atom is -0.487 e. The zero-order valence-electron chi connectivity index (χ0n) is 11.5. The number of nitrogens with two attached hydrogens (primary N) is 1. The second-order valence-electron chi connectivity index (χ2n) is 6.15. The number of fused-ring (bicyclic) bond motifs is 1. The fourth-order valence-corrected chi connectivity index (χ4v) is 4.10. The monoisotopic (exact) mass is 323 g/mol. The summed E-state index contributed by atoms with van der Waals surface area (Å²) in [4.78, 5) is 0. The molecule has 1 fully saturated rings. The van der Waals surface area contributed by atoms with Gasteiger partial charge in [0.1, 0.15) is 11.4 Å². The molecule has 2 N–H and O–H groups in total. The Labute approximate surface area is 123 Å². The van der Waals surface area contributed by atoms with Gasteiger partial charge >= 0.3 is 0 Å². The molecular formula is C16H22BrNO. The van der Waals surface area contributed by atoms with Crippen molar-refractivity contribution in [3.8, 4) is 5.75 Å². The van der Waals surface area contributed by atoms with Gasteiger partial charge in [0.25, 0.3) is 0 Å². The SMILES string of the molecule is CCC1CCCC2(C1)CC(N)c1ccc(Br)cc1O2. The quantitative estimate of drug-likeness (QED) is 0.821. The van der Waals surface area contributed by atoms with E-state index in [0.29, 0.717) is 0 Å². The highest BCUT2D eigenvalue weighted by Crippen LogP contribution is 2.47. The van der Waals surface area contributed by atoms with Crippen molar-refractivity contribution in [1.29, 1.82) is 0 Å². The molecule has 1 aromatic rings. The molecule has 3 heteroatoms. The van der Waals surface area contributed by atoms with Crippen LogP contribution in [0, 0.1) is 5.92 Å². The number of hydrogen-bond acceptors (Lipinski definition) is 2. The van der Waals surface area contributed by atoms with Crippen molar-refractivity contribution < 1.29 is 4.74 Å². The van der Waals surface area contributed by atoms with Gasteiger partial charge in [-0.3, -0.25) is 0 Å². The Kier molecular flexibility index (Phi) is 3.61. The molecule has 3 unspecified atom stereocenters. The van der Waals surface area contributed by atoms with Crippen molar-refractivity contribution in [3.05, 3.63) is 28.2 Å². The summed E-state index contributed by atoms with van der Waals surface area (Å²) >= 11 is 3.53. The van der Waals surface area contributed by atoms with E-state index in [0.717, 1.165) is 34.5 Å². The van der Waals surface area contributed by atoms with Crippen LogP contribution in [0.1, 0.15) is 57.1 Å². The molecule has 1 aliphatic heterocycles. The molecule has 3 atom stereocenters. The average Bonchev–Trinajstić information content (AvgIpc) is 2.38. The molecule has 0 radical (unpaired) electrons. The summed E-state index contributed by atoms with van der Waals surface area (Å²) in [5, 5.41) is 0. The lowest BCUT2D eigenvalue weighted by atomic mass is 9.72. The maximum absolute atomic E-state index is 6.43. The minimum atomic E-state index is -0.00780. The predicted octanol–water partition coefficient (Wildman–Crippen LogP) is 4.57. The molecule has 1 aromatic carbocycles. The second-order valence-corrected chi connectivity index (χ2v) is 7.06. The van der Waals surface area contributed by atoms with Crippen molar-refractivity contribution in [2.45, 2.75) is 57.1 Å². The van der Waals surface area contributed by atoms with Gasteiger partial charge in [0.2, 0.25) is 0 Å². The molecule has 1 saturated carbocycles. The number of benzene rings is 1. The lowest BCUT2D eigenvalue weighted by Crippen LogP contribution is -2.46. The van der Waals surface area contributed by atoms with Crippen molar-refractivity contribution in [3.63, 3.8) is 0 Å². The highest BCUT2D eigenvalue weighted by atomic mass is 79.9. The number of ether oxygens (including phenoxy) is 1. The summed E-state index contributed by atoms with van der Waals surface area (Å²) in [6, 6.07) is 6.34. The van der Waals surface area contributed by atoms with Crippen LogP contribution in [0.3, 0.4) is 0 Å². The third-order valence-corrected chi connectivity index (χ3v) is 5.27. The summed E-state index contributed by atoms with van der Waals surface area (Å²) in [5.74, 6) is 1.79. The molecule has 3 rings (SSSR count). The van der Waals surface area contributed by atoms with Crippen LogP contribution in [0.5, 0.6) is 5.75 Å². The van der Waals surface area contributed by atoms with Gasteiger partial charge in [-0.05, 0) is 37.3 Å². The zero-order valence-corrected chi connectivity index (χ0v) is 13.1. The average molecular weight is 324 g/mol. The first-order valence-electron chi connectivity index (χ1n) is 7.36. The van der Waals surface area contributed by atoms with E-state index in [4.69, 9.17) is 10.5 Å². The smallest absolute Gasteiger partial charge is 0.126 e. The highest BCUT2D eigenvalue weighted by Gasteiger charge is 2.43. The van der Waals surface area contributed by atoms with E-state index < -0.39 is 0 Å². The topological polar surface area (TPSA) is 35.2 Å². The van der Waals surface area contributed by atoms with Crippen molar-refractivity contribution >= 4 is 15.9 Å². The maximum atomic E-state index is 6.43. The standard InChI is InChI=1S/C16H22BrNO/c1-2-11-4-3-7-16(9-11)10-14(18)13-6-5-12(17)8-15(13)19-16/h5-6,8,11,14H,2-4,7,9-10,18H2,1H3. The van der Waals surface area contributed by atoms with E-state index in [9.17, 15) is 0 Å². The number of halogens is 1. The molecule has 0 bridgehead atoms. The second kappa shape index (κ2) is 5.10. The first-order valence-corrected chi connectivity index (χ1v) is 8.15. The van der Waals surface area contributed by atoms with Crippen LogP contribution in [0.2, 0.25) is 0 Å². The van der Waals surface area contributed by atoms with Crippen LogP contribution < -0.4 is 10.5 Å². The Balaban J connectivity index is 1.90. The first-order chi connectivity index (χ1) is 9.12. The normalized spacial score (nSPS) is 33.8. The van der Waals surface area contributed by atoms with E-state index >= 15 is 0 Å². The van der Waals surface area contributed by atoms with Gasteiger partial charge in [0.05, 0.1) is 0 Å². The van der Waals surface area contributed by atoms with E-state index in [1.54, 1.807) is 0 Å². The Hall–Kier alpha value is -0.540. The summed E-state index contributed by atoms with van der Waals surface area (Å²) < 4.78 is 7.50. The first kappa shape index (κ1) is 13.4. The van der Waals surface area contributed by atoms with Gasteiger partial charge in [-0.2, -0.15) is 0 Å². The molecule has 2 nitrogen and oxygen atoms in total. The number of rotatable bonds is 1. The third kappa shape index (κ3) is 2.55. The van der Waals surface area contributed by atoms with Crippen LogP contribution in [-0.4, -0.2) is 5.60 Å². The van der Waals surface area contributed by atoms with Crippen LogP contribution in [0.4, 0.5) is 0 Å². The molecule has 2 aliphatic rings. The largest absolute Gasteiger partial charge is 0.487 e. The highest BCUT2D eigenvalue weighted by molar-refractivity contribution is 9.10. The van der Waals surface area contributed by atoms with Crippen LogP contribution >= 0.6 is 15.9 Å². The van der Waals surface area contributed by atoms with Crippen LogP contribution in [0.25, 0.3) is 0 Å². The molecule has 0 aromatic heterocycles. The zero-order chi connectivity index (χ0) is 13.5. The lowest BCUT2D eigenvalue weighted by Gasteiger charge is -2.46. The molecule has 104 valence electrons. The molecule has 1 spiro atoms. The Morgan fingerprint density at radius 2 is 2.26 bits per heavy atom. The third-order valence-electron chi connectivity index (χ3n) is 4.78. The van der Waals surface area contributed by atoms with E-state index in [1.807, 2.05) is 0 Å². The Bertz CT molecular complexity index is 476. The molecule has 1 heterocycles. The van der Waals surface area contributed by atoms with Crippen molar-refractivity contribution in [1.82, 2.24) is 0 Å². The van der Waals surface area contributed by atoms with Crippen LogP contribution in [-0.2, 0) is 0 Å². The van der Waals surface area contributed by atoms with Crippen LogP contribution in [0.15, 0.2) is 22.7 Å². The number of hydrogen-bond donors (Lipinski definition) is 1. The van der Waals surface area contributed by atoms with E-state index in [2.05, 4.69) is 41.1 Å². The molecule has 1 aliphatic carbocycles. The fraction of sp³-hybridized carbons (Fsp3) is 0.625. The molecule has 0 saturated heterocycles. The Morgan fingerprint density at radius 1 is 1.42 bits per heavy atom. The van der Waals surface area contributed by atoms with Crippen molar-refractivity contribution in [2.75, 3.05) is 0 Å². The van der Waals surface area contributed by atoms with Gasteiger partial charge in [-0.25, -0.2) is 0 Å². The van der Waals surface area contributed by atoms with Gasteiger partial charge < -0.3 is 10.5 Å². The molecular weight excluding hydrogens is 302 g/mol. The summed E-state index contributed by atoms with van der Waals surface area (Å²) in [7, 11) is 0. The van der Waals surface area contributed by atoms with Crippen molar-refractivity contribution in [2.24, 2.45) is 11.7 Å². The summed E-state index contributed by atoms with van der Waals surface area (Å²) in [6.07, 6.45) is 7.17. The fourth-order valence-electron chi connectivity index (χ4n) is 3.76. The van der Waals surface area contributed by atoms with Gasteiger partial charge in [0.15, 0.2) is 0 Å². The van der Waals surface area contributed by atoms with E-state index in [1.165, 1.54) is 25.7 Å². The van der Waals surface area contributed by atoms with E-state index in [-0.39, 0.29) is 11.6 Å². The van der Waals surface area contributed by atoms with Gasteiger partial charge in [-0.1, -0.05) is 41.8 Å². The predicted molar refractivity (Wildman–Crippen MR) is 81.3 cm³/mol. The molecule has 0 amide bonds. The summed E-state index contributed by atoms with van der Waals surface area (Å²) in [6.45, 7) is 2.29. The molecule has 19 heavy (non-hydrogen) atoms. The Morgan fingerprint density at radius 3 is 3.05 bits per heavy atom. The van der Waals surface area contributed by atoms with Gasteiger partial charge in [0, 0.05) is 22.5 Å². The summed E-state index contributed by atoms with van der Waals surface area (Å²) in [5.41, 5.74) is 7.55.